The van der Waals surface area contributed by atoms with E-state index in [-0.39, 0.29) is 12.1 Å². The molecule has 1 aliphatic rings. The lowest BCUT2D eigenvalue weighted by Crippen LogP contribution is -2.31. The fourth-order valence-corrected chi connectivity index (χ4v) is 4.40. The van der Waals surface area contributed by atoms with Gasteiger partial charge in [0, 0.05) is 16.8 Å². The number of nitrogens with one attached hydrogen (secondary N) is 1. The molecule has 0 amide bonds. The number of para-hydroxylation sites is 1. The van der Waals surface area contributed by atoms with Gasteiger partial charge in [-0.25, -0.2) is 0 Å². The number of hydrogen-bond acceptors (Lipinski definition) is 4. The molecule has 0 radical (unpaired) electrons. The predicted octanol–water partition coefficient (Wildman–Crippen LogP) is 6.04. The first-order valence-electron chi connectivity index (χ1n) is 10.5. The first-order valence-corrected chi connectivity index (χ1v) is 10.5. The van der Waals surface area contributed by atoms with Crippen molar-refractivity contribution in [3.8, 4) is 22.6 Å². The smallest absolute Gasteiger partial charge is 0.168 e. The zero-order chi connectivity index (χ0) is 22.0. The fraction of sp³-hybridized carbons (Fsp3) is 0.259. The van der Waals surface area contributed by atoms with Gasteiger partial charge >= 0.3 is 0 Å². The molecule has 0 bridgehead atoms. The molecule has 4 rings (SSSR count). The van der Waals surface area contributed by atoms with Crippen molar-refractivity contribution in [2.75, 3.05) is 12.4 Å². The van der Waals surface area contributed by atoms with Crippen molar-refractivity contribution in [3.63, 3.8) is 0 Å². The molecule has 3 aromatic carbocycles. The third-order valence-electron chi connectivity index (χ3n) is 5.61. The van der Waals surface area contributed by atoms with Crippen molar-refractivity contribution in [1.29, 1.82) is 0 Å². The Morgan fingerprint density at radius 1 is 0.935 bits per heavy atom. The van der Waals surface area contributed by atoms with Crippen molar-refractivity contribution < 1.29 is 14.6 Å². The van der Waals surface area contributed by atoms with Gasteiger partial charge in [0.15, 0.2) is 11.5 Å². The van der Waals surface area contributed by atoms with Crippen molar-refractivity contribution >= 4 is 11.3 Å². The van der Waals surface area contributed by atoms with Crippen LogP contribution in [0, 0.1) is 0 Å². The molecular weight excluding hydrogens is 386 g/mol. The summed E-state index contributed by atoms with van der Waals surface area (Å²) < 4.78 is 11.9. The number of methoxy groups -OCH3 is 1. The summed E-state index contributed by atoms with van der Waals surface area (Å²) in [7, 11) is 1.65. The molecule has 31 heavy (non-hydrogen) atoms. The predicted molar refractivity (Wildman–Crippen MR) is 126 cm³/mol. The van der Waals surface area contributed by atoms with Gasteiger partial charge in [0.1, 0.15) is 6.61 Å². The second kappa shape index (κ2) is 8.48. The summed E-state index contributed by atoms with van der Waals surface area (Å²) in [6.45, 7) is 6.77. The maximum Gasteiger partial charge on any atom is 0.168 e. The van der Waals surface area contributed by atoms with Gasteiger partial charge < -0.3 is 19.9 Å². The highest BCUT2D eigenvalue weighted by Gasteiger charge is 2.26. The van der Waals surface area contributed by atoms with E-state index < -0.39 is 0 Å². The third-order valence-corrected chi connectivity index (χ3v) is 5.61. The minimum absolute atomic E-state index is 0.0654. The van der Waals surface area contributed by atoms with E-state index in [4.69, 9.17) is 9.47 Å². The zero-order valence-corrected chi connectivity index (χ0v) is 18.5. The first kappa shape index (κ1) is 21.0. The Balaban J connectivity index is 1.77. The minimum atomic E-state index is -0.131. The molecule has 0 fully saturated rings. The van der Waals surface area contributed by atoms with Crippen LogP contribution < -0.4 is 14.8 Å². The highest BCUT2D eigenvalue weighted by molar-refractivity contribution is 5.88. The number of benzene rings is 3. The highest BCUT2D eigenvalue weighted by atomic mass is 16.5. The minimum Gasteiger partial charge on any atom is -0.492 e. The van der Waals surface area contributed by atoms with E-state index in [9.17, 15) is 5.11 Å². The van der Waals surface area contributed by atoms with Crippen molar-refractivity contribution in [2.45, 2.75) is 39.5 Å². The second-order valence-corrected chi connectivity index (χ2v) is 8.46. The van der Waals surface area contributed by atoms with E-state index in [1.165, 1.54) is 0 Å². The van der Waals surface area contributed by atoms with Gasteiger partial charge in [-0.2, -0.15) is 0 Å². The van der Waals surface area contributed by atoms with Crippen molar-refractivity contribution in [1.82, 2.24) is 0 Å². The summed E-state index contributed by atoms with van der Waals surface area (Å²) in [6.07, 6.45) is 2.20. The molecule has 2 N–H and O–H groups in total. The third kappa shape index (κ3) is 4.17. The van der Waals surface area contributed by atoms with Gasteiger partial charge in [0.2, 0.25) is 0 Å². The highest BCUT2D eigenvalue weighted by Crippen LogP contribution is 2.44. The van der Waals surface area contributed by atoms with Crippen LogP contribution in [0.1, 0.15) is 37.5 Å². The average Bonchev–Trinajstić information content (AvgIpc) is 2.76. The number of anilines is 1. The fourth-order valence-electron chi connectivity index (χ4n) is 4.40. The Hall–Kier alpha value is -3.24. The number of allylic oxidation sites excluding steroid dienone is 1. The monoisotopic (exact) mass is 415 g/mol. The summed E-state index contributed by atoms with van der Waals surface area (Å²) in [5.74, 6) is 1.34. The van der Waals surface area contributed by atoms with Gasteiger partial charge in [-0.15, -0.1) is 0 Å². The number of rotatable bonds is 6. The van der Waals surface area contributed by atoms with Gasteiger partial charge in [-0.3, -0.25) is 0 Å². The Morgan fingerprint density at radius 2 is 1.71 bits per heavy atom. The Bertz CT molecular complexity index is 1120. The van der Waals surface area contributed by atoms with Gasteiger partial charge in [0.25, 0.3) is 0 Å². The van der Waals surface area contributed by atoms with Crippen LogP contribution >= 0.6 is 0 Å². The topological polar surface area (TPSA) is 50.7 Å². The van der Waals surface area contributed by atoms with Crippen LogP contribution in [0.2, 0.25) is 0 Å². The van der Waals surface area contributed by atoms with Crippen LogP contribution in [0.4, 0.5) is 5.69 Å². The summed E-state index contributed by atoms with van der Waals surface area (Å²) in [5.41, 5.74) is 6.93. The number of hydrogen-bond donors (Lipinski definition) is 2. The van der Waals surface area contributed by atoms with Gasteiger partial charge in [0.05, 0.1) is 19.3 Å². The molecule has 0 saturated carbocycles. The molecule has 1 aliphatic heterocycles. The Labute approximate surface area is 184 Å². The second-order valence-electron chi connectivity index (χ2n) is 8.46. The Morgan fingerprint density at radius 3 is 2.42 bits per heavy atom. The van der Waals surface area contributed by atoms with E-state index >= 15 is 0 Å². The van der Waals surface area contributed by atoms with Crippen LogP contribution in [-0.4, -0.2) is 17.8 Å². The quantitative estimate of drug-likeness (QED) is 0.515. The molecule has 0 aliphatic carbocycles. The van der Waals surface area contributed by atoms with E-state index in [1.54, 1.807) is 7.11 Å². The lowest BCUT2D eigenvalue weighted by atomic mass is 9.85. The zero-order valence-electron chi connectivity index (χ0n) is 18.5. The van der Waals surface area contributed by atoms with E-state index in [2.05, 4.69) is 38.2 Å². The molecule has 0 atom stereocenters. The van der Waals surface area contributed by atoms with Crippen LogP contribution in [0.3, 0.4) is 0 Å². The van der Waals surface area contributed by atoms with E-state index in [0.29, 0.717) is 18.1 Å². The summed E-state index contributed by atoms with van der Waals surface area (Å²) in [6, 6.07) is 20.1. The molecule has 0 aromatic heterocycles. The molecule has 160 valence electrons. The molecule has 3 aromatic rings. The number of fused-ring (bicyclic) bond motifs is 1. The maximum atomic E-state index is 10.3. The summed E-state index contributed by atoms with van der Waals surface area (Å²) >= 11 is 0. The molecule has 0 unspecified atom stereocenters. The first-order chi connectivity index (χ1) is 14.9. The SMILES string of the molecule is COc1c(OCc2ccccc2)cccc1-c1ccc2c(c1CO)C(C)=CC(C)(C)N2. The van der Waals surface area contributed by atoms with Crippen LogP contribution in [0.25, 0.3) is 16.7 Å². The van der Waals surface area contributed by atoms with Crippen molar-refractivity contribution in [3.05, 3.63) is 83.4 Å². The van der Waals surface area contributed by atoms with Gasteiger partial charge in [-0.05, 0) is 55.2 Å². The largest absolute Gasteiger partial charge is 0.492 e. The summed E-state index contributed by atoms with van der Waals surface area (Å²) in [5, 5.41) is 13.9. The number of aliphatic hydroxyl groups excluding tert-OH is 1. The van der Waals surface area contributed by atoms with E-state index in [1.807, 2.05) is 54.6 Å². The van der Waals surface area contributed by atoms with Crippen LogP contribution in [0.15, 0.2) is 66.7 Å². The standard InChI is InChI=1S/C27H29NO3/c1-18-15-27(2,3)28-23-14-13-20(22(16-29)25(18)23)21-11-8-12-24(26(21)30-4)31-17-19-9-6-5-7-10-19/h5-15,28-29H,16-17H2,1-4H3. The maximum absolute atomic E-state index is 10.3. The Kier molecular flexibility index (Phi) is 5.75. The molecular formula is C27H29NO3. The molecule has 1 heterocycles. The lowest BCUT2D eigenvalue weighted by molar-refractivity contribution is 0.281. The number of aliphatic hydroxyl groups is 1. The van der Waals surface area contributed by atoms with Crippen molar-refractivity contribution in [2.24, 2.45) is 0 Å². The number of ether oxygens (including phenoxy) is 2. The average molecular weight is 416 g/mol. The molecule has 4 nitrogen and oxygen atoms in total. The van der Waals surface area contributed by atoms with Gasteiger partial charge in [-0.1, -0.05) is 54.6 Å². The van der Waals surface area contributed by atoms with Crippen LogP contribution in [0.5, 0.6) is 11.5 Å². The molecule has 0 spiro atoms. The van der Waals surface area contributed by atoms with Crippen LogP contribution in [-0.2, 0) is 13.2 Å². The lowest BCUT2D eigenvalue weighted by Gasteiger charge is -2.33. The normalized spacial score (nSPS) is 14.3. The van der Waals surface area contributed by atoms with E-state index in [0.717, 1.165) is 39.1 Å². The molecule has 0 saturated heterocycles. The summed E-state index contributed by atoms with van der Waals surface area (Å²) in [4.78, 5) is 0. The molecule has 4 heteroatoms.